The minimum Gasteiger partial charge on any atom is -0.496 e. The SMILES string of the molecule is COc1ccc(F)cc1[C@H](C)NCc1cn[nH]c1C. The van der Waals surface area contributed by atoms with E-state index in [9.17, 15) is 4.39 Å². The third-order valence-corrected chi connectivity index (χ3v) is 3.19. The highest BCUT2D eigenvalue weighted by Crippen LogP contribution is 2.26. The zero-order valence-corrected chi connectivity index (χ0v) is 11.3. The molecule has 0 unspecified atom stereocenters. The second-order valence-corrected chi connectivity index (χ2v) is 4.51. The molecular weight excluding hydrogens is 245 g/mol. The summed E-state index contributed by atoms with van der Waals surface area (Å²) in [5.74, 6) is 0.425. The number of methoxy groups -OCH3 is 1. The predicted molar refractivity (Wildman–Crippen MR) is 71.5 cm³/mol. The number of H-pyrrole nitrogens is 1. The lowest BCUT2D eigenvalue weighted by atomic mass is 10.1. The van der Waals surface area contributed by atoms with E-state index in [2.05, 4.69) is 15.5 Å². The molecular formula is C14H18FN3O. The average Bonchev–Trinajstić information content (AvgIpc) is 2.81. The second-order valence-electron chi connectivity index (χ2n) is 4.51. The molecule has 1 atom stereocenters. The molecule has 0 radical (unpaired) electrons. The van der Waals surface area contributed by atoms with Gasteiger partial charge >= 0.3 is 0 Å². The first-order chi connectivity index (χ1) is 9.11. The Kier molecular flexibility index (Phi) is 4.16. The standard InChI is InChI=1S/C14H18FN3O/c1-9-11(8-17-18-9)7-16-10(2)13-6-12(15)4-5-14(13)19-3/h4-6,8,10,16H,7H2,1-3H3,(H,17,18)/t10-/m0/s1. The number of aromatic nitrogens is 2. The van der Waals surface area contributed by atoms with E-state index in [1.165, 1.54) is 12.1 Å². The van der Waals surface area contributed by atoms with Crippen molar-refractivity contribution in [2.45, 2.75) is 26.4 Å². The lowest BCUT2D eigenvalue weighted by Crippen LogP contribution is -2.19. The lowest BCUT2D eigenvalue weighted by Gasteiger charge is -2.17. The highest BCUT2D eigenvalue weighted by atomic mass is 19.1. The van der Waals surface area contributed by atoms with Crippen molar-refractivity contribution in [1.29, 1.82) is 0 Å². The minimum absolute atomic E-state index is 0.0139. The van der Waals surface area contributed by atoms with Gasteiger partial charge in [0.05, 0.1) is 13.3 Å². The fraction of sp³-hybridized carbons (Fsp3) is 0.357. The Bertz CT molecular complexity index is 553. The van der Waals surface area contributed by atoms with Gasteiger partial charge in [-0.2, -0.15) is 5.10 Å². The van der Waals surface area contributed by atoms with Gasteiger partial charge in [-0.1, -0.05) is 0 Å². The number of hydrogen-bond acceptors (Lipinski definition) is 3. The van der Waals surface area contributed by atoms with Gasteiger partial charge in [-0.15, -0.1) is 0 Å². The number of aromatic amines is 1. The molecule has 0 amide bonds. The summed E-state index contributed by atoms with van der Waals surface area (Å²) in [6.07, 6.45) is 1.79. The monoisotopic (exact) mass is 263 g/mol. The predicted octanol–water partition coefficient (Wildman–Crippen LogP) is 2.72. The van der Waals surface area contributed by atoms with E-state index >= 15 is 0 Å². The molecule has 5 heteroatoms. The quantitative estimate of drug-likeness (QED) is 0.872. The number of hydrogen-bond donors (Lipinski definition) is 2. The molecule has 2 rings (SSSR count). The van der Waals surface area contributed by atoms with Crippen LogP contribution in [0.1, 0.15) is 29.8 Å². The highest BCUT2D eigenvalue weighted by Gasteiger charge is 2.12. The van der Waals surface area contributed by atoms with Gasteiger partial charge in [0.1, 0.15) is 11.6 Å². The van der Waals surface area contributed by atoms with Gasteiger partial charge in [0.15, 0.2) is 0 Å². The molecule has 0 bridgehead atoms. The number of nitrogens with one attached hydrogen (secondary N) is 2. The summed E-state index contributed by atoms with van der Waals surface area (Å²) < 4.78 is 18.6. The number of halogens is 1. The van der Waals surface area contributed by atoms with E-state index in [1.54, 1.807) is 19.4 Å². The van der Waals surface area contributed by atoms with Crippen LogP contribution in [0.4, 0.5) is 4.39 Å². The second kappa shape index (κ2) is 5.84. The van der Waals surface area contributed by atoms with E-state index < -0.39 is 0 Å². The largest absolute Gasteiger partial charge is 0.496 e. The van der Waals surface area contributed by atoms with Gasteiger partial charge in [0, 0.05) is 29.4 Å². The van der Waals surface area contributed by atoms with Crippen LogP contribution in [0.15, 0.2) is 24.4 Å². The number of aryl methyl sites for hydroxylation is 1. The van der Waals surface area contributed by atoms with Crippen LogP contribution in [0.3, 0.4) is 0 Å². The Hall–Kier alpha value is -1.88. The fourth-order valence-electron chi connectivity index (χ4n) is 1.97. The molecule has 0 saturated carbocycles. The van der Waals surface area contributed by atoms with Crippen LogP contribution in [0.2, 0.25) is 0 Å². The molecule has 1 aromatic carbocycles. The van der Waals surface area contributed by atoms with Crippen molar-refractivity contribution in [2.75, 3.05) is 7.11 Å². The van der Waals surface area contributed by atoms with Crippen LogP contribution < -0.4 is 10.1 Å². The molecule has 1 heterocycles. The van der Waals surface area contributed by atoms with Crippen molar-refractivity contribution in [2.24, 2.45) is 0 Å². The van der Waals surface area contributed by atoms with Crippen LogP contribution in [0, 0.1) is 12.7 Å². The van der Waals surface area contributed by atoms with E-state index in [-0.39, 0.29) is 11.9 Å². The number of benzene rings is 1. The maximum Gasteiger partial charge on any atom is 0.123 e. The first-order valence-electron chi connectivity index (χ1n) is 6.17. The van der Waals surface area contributed by atoms with E-state index in [1.807, 2.05) is 13.8 Å². The molecule has 19 heavy (non-hydrogen) atoms. The van der Waals surface area contributed by atoms with Crippen molar-refractivity contribution in [3.8, 4) is 5.75 Å². The van der Waals surface area contributed by atoms with Gasteiger partial charge < -0.3 is 10.1 Å². The topological polar surface area (TPSA) is 49.9 Å². The lowest BCUT2D eigenvalue weighted by molar-refractivity contribution is 0.399. The van der Waals surface area contributed by atoms with Crippen LogP contribution in [0.25, 0.3) is 0 Å². The molecule has 102 valence electrons. The van der Waals surface area contributed by atoms with Gasteiger partial charge in [0.25, 0.3) is 0 Å². The molecule has 2 aromatic rings. The van der Waals surface area contributed by atoms with Crippen LogP contribution in [0.5, 0.6) is 5.75 Å². The molecule has 1 aromatic heterocycles. The van der Waals surface area contributed by atoms with Crippen LogP contribution in [-0.2, 0) is 6.54 Å². The molecule has 0 saturated heterocycles. The van der Waals surface area contributed by atoms with Gasteiger partial charge in [0.2, 0.25) is 0 Å². The minimum atomic E-state index is -0.260. The van der Waals surface area contributed by atoms with E-state index in [0.717, 1.165) is 16.8 Å². The smallest absolute Gasteiger partial charge is 0.123 e. The Balaban J connectivity index is 2.09. The molecule has 0 aliphatic heterocycles. The summed E-state index contributed by atoms with van der Waals surface area (Å²) in [5, 5.41) is 10.2. The molecule has 0 fully saturated rings. The van der Waals surface area contributed by atoms with Crippen molar-refractivity contribution in [1.82, 2.24) is 15.5 Å². The zero-order valence-electron chi connectivity index (χ0n) is 11.3. The molecule has 0 aliphatic carbocycles. The highest BCUT2D eigenvalue weighted by molar-refractivity contribution is 5.36. The first kappa shape index (κ1) is 13.5. The van der Waals surface area contributed by atoms with E-state index in [4.69, 9.17) is 4.74 Å². The van der Waals surface area contributed by atoms with Crippen molar-refractivity contribution in [3.63, 3.8) is 0 Å². The maximum atomic E-state index is 13.3. The summed E-state index contributed by atoms with van der Waals surface area (Å²) >= 11 is 0. The summed E-state index contributed by atoms with van der Waals surface area (Å²) in [7, 11) is 1.59. The summed E-state index contributed by atoms with van der Waals surface area (Å²) in [6, 6.07) is 4.53. The molecule has 0 aliphatic rings. The molecule has 4 nitrogen and oxygen atoms in total. The number of rotatable bonds is 5. The van der Waals surface area contributed by atoms with E-state index in [0.29, 0.717) is 12.3 Å². The zero-order chi connectivity index (χ0) is 13.8. The van der Waals surface area contributed by atoms with Crippen molar-refractivity contribution < 1.29 is 9.13 Å². The Morgan fingerprint density at radius 2 is 2.26 bits per heavy atom. The Morgan fingerprint density at radius 3 is 2.89 bits per heavy atom. The van der Waals surface area contributed by atoms with Crippen molar-refractivity contribution >= 4 is 0 Å². The molecule has 0 spiro atoms. The van der Waals surface area contributed by atoms with Gasteiger partial charge in [-0.05, 0) is 32.0 Å². The molecule has 2 N–H and O–H groups in total. The van der Waals surface area contributed by atoms with Gasteiger partial charge in [-0.3, -0.25) is 5.10 Å². The Labute approximate surface area is 112 Å². The van der Waals surface area contributed by atoms with Crippen molar-refractivity contribution in [3.05, 3.63) is 47.0 Å². The average molecular weight is 263 g/mol. The third kappa shape index (κ3) is 3.12. The van der Waals surface area contributed by atoms with Crippen LogP contribution >= 0.6 is 0 Å². The van der Waals surface area contributed by atoms with Crippen LogP contribution in [-0.4, -0.2) is 17.3 Å². The summed E-state index contributed by atoms with van der Waals surface area (Å²) in [4.78, 5) is 0. The van der Waals surface area contributed by atoms with Gasteiger partial charge in [-0.25, -0.2) is 4.39 Å². The number of nitrogens with zero attached hydrogens (tertiary/aromatic N) is 1. The summed E-state index contributed by atoms with van der Waals surface area (Å²) in [6.45, 7) is 4.62. The normalized spacial score (nSPS) is 12.4. The Morgan fingerprint density at radius 1 is 1.47 bits per heavy atom. The maximum absolute atomic E-state index is 13.3. The third-order valence-electron chi connectivity index (χ3n) is 3.19. The fourth-order valence-corrected chi connectivity index (χ4v) is 1.97. The number of ether oxygens (including phenoxy) is 1. The first-order valence-corrected chi connectivity index (χ1v) is 6.17. The summed E-state index contributed by atoms with van der Waals surface area (Å²) in [5.41, 5.74) is 2.94.